The Hall–Kier alpha value is -2.81. The van der Waals surface area contributed by atoms with Gasteiger partial charge in [-0.15, -0.1) is 0 Å². The maximum Gasteiger partial charge on any atom is 0.203 e. The molecule has 2 N–H and O–H groups in total. The number of benzene rings is 3. The van der Waals surface area contributed by atoms with E-state index in [1.807, 2.05) is 55.5 Å². The molecule has 0 aliphatic rings. The predicted octanol–water partition coefficient (Wildman–Crippen LogP) is 4.38. The second kappa shape index (κ2) is 6.13. The van der Waals surface area contributed by atoms with E-state index in [0.29, 0.717) is 17.0 Å². The predicted molar refractivity (Wildman–Crippen MR) is 94.0 cm³/mol. The Kier molecular flexibility index (Phi) is 4.02. The van der Waals surface area contributed by atoms with Gasteiger partial charge in [0.2, 0.25) is 5.78 Å². The molecule has 3 aromatic carbocycles. The monoisotopic (exact) mass is 305 g/mol. The minimum absolute atomic E-state index is 0.0514. The Bertz CT molecular complexity index is 870. The van der Waals surface area contributed by atoms with E-state index in [-0.39, 0.29) is 5.78 Å². The number of ether oxygens (including phenoxy) is 1. The lowest BCUT2D eigenvalue weighted by Crippen LogP contribution is -2.24. The van der Waals surface area contributed by atoms with Crippen LogP contribution in [0.15, 0.2) is 60.7 Å². The highest BCUT2D eigenvalue weighted by atomic mass is 16.5. The van der Waals surface area contributed by atoms with Gasteiger partial charge in [0.25, 0.3) is 0 Å². The molecule has 116 valence electrons. The third-order valence-electron chi connectivity index (χ3n) is 4.00. The number of aryl methyl sites for hydroxylation is 1. The van der Waals surface area contributed by atoms with Crippen LogP contribution in [0.3, 0.4) is 0 Å². The molecule has 23 heavy (non-hydrogen) atoms. The van der Waals surface area contributed by atoms with Crippen LogP contribution < -0.4 is 10.5 Å². The third kappa shape index (κ3) is 2.90. The summed E-state index contributed by atoms with van der Waals surface area (Å²) in [6, 6.07) is 19.0. The van der Waals surface area contributed by atoms with Gasteiger partial charge in [-0.1, -0.05) is 48.5 Å². The molecule has 3 nitrogen and oxygen atoms in total. The molecule has 0 aliphatic carbocycles. The van der Waals surface area contributed by atoms with Crippen molar-refractivity contribution in [2.45, 2.75) is 20.0 Å². The summed E-state index contributed by atoms with van der Waals surface area (Å²) in [5.41, 5.74) is 8.24. The standard InChI is InChI=1S/C20H19NO2/c1-13-11-12-17(16-8-4-3-7-15(13)16)20(22)14(2)23-19-10-6-5-9-18(19)21/h3-12,14H,21H2,1-2H3. The average molecular weight is 305 g/mol. The second-order valence-electron chi connectivity index (χ2n) is 5.64. The zero-order valence-corrected chi connectivity index (χ0v) is 13.2. The lowest BCUT2D eigenvalue weighted by Gasteiger charge is -2.16. The number of nitrogens with two attached hydrogens (primary N) is 1. The van der Waals surface area contributed by atoms with Crippen LogP contribution in [0, 0.1) is 6.92 Å². The molecular formula is C20H19NO2. The van der Waals surface area contributed by atoms with Crippen LogP contribution >= 0.6 is 0 Å². The van der Waals surface area contributed by atoms with Gasteiger partial charge in [-0.3, -0.25) is 4.79 Å². The number of rotatable bonds is 4. The van der Waals surface area contributed by atoms with Crippen molar-refractivity contribution in [1.82, 2.24) is 0 Å². The summed E-state index contributed by atoms with van der Waals surface area (Å²) in [6.07, 6.45) is -0.606. The summed E-state index contributed by atoms with van der Waals surface area (Å²) >= 11 is 0. The summed E-state index contributed by atoms with van der Waals surface area (Å²) < 4.78 is 5.77. The van der Waals surface area contributed by atoms with Crippen molar-refractivity contribution < 1.29 is 9.53 Å². The van der Waals surface area contributed by atoms with Crippen molar-refractivity contribution in [2.75, 3.05) is 5.73 Å². The number of fused-ring (bicyclic) bond motifs is 1. The third-order valence-corrected chi connectivity index (χ3v) is 4.00. The Balaban J connectivity index is 1.94. The zero-order chi connectivity index (χ0) is 16.4. The fourth-order valence-electron chi connectivity index (χ4n) is 2.72. The highest BCUT2D eigenvalue weighted by Crippen LogP contribution is 2.26. The number of Topliss-reactive ketones (excluding diaryl/α,β-unsaturated/α-hetero) is 1. The number of anilines is 1. The normalized spacial score (nSPS) is 12.1. The van der Waals surface area contributed by atoms with E-state index in [2.05, 4.69) is 0 Å². The minimum Gasteiger partial charge on any atom is -0.480 e. The Morgan fingerprint density at radius 1 is 0.957 bits per heavy atom. The van der Waals surface area contributed by atoms with Crippen molar-refractivity contribution in [3.8, 4) is 5.75 Å². The van der Waals surface area contributed by atoms with Crippen molar-refractivity contribution in [3.05, 3.63) is 71.8 Å². The van der Waals surface area contributed by atoms with Gasteiger partial charge >= 0.3 is 0 Å². The topological polar surface area (TPSA) is 52.3 Å². The summed E-state index contributed by atoms with van der Waals surface area (Å²) in [7, 11) is 0. The van der Waals surface area contributed by atoms with Gasteiger partial charge in [-0.05, 0) is 42.3 Å². The van der Waals surface area contributed by atoms with Crippen molar-refractivity contribution in [2.24, 2.45) is 0 Å². The number of hydrogen-bond donors (Lipinski definition) is 1. The maximum absolute atomic E-state index is 12.8. The molecular weight excluding hydrogens is 286 g/mol. The molecule has 3 heteroatoms. The van der Waals surface area contributed by atoms with Crippen LogP contribution in [0.5, 0.6) is 5.75 Å². The number of hydrogen-bond acceptors (Lipinski definition) is 3. The van der Waals surface area contributed by atoms with Gasteiger partial charge < -0.3 is 10.5 Å². The number of para-hydroxylation sites is 2. The molecule has 0 fully saturated rings. The highest BCUT2D eigenvalue weighted by Gasteiger charge is 2.20. The van der Waals surface area contributed by atoms with Crippen LogP contribution in [0.25, 0.3) is 10.8 Å². The molecule has 3 aromatic rings. The van der Waals surface area contributed by atoms with Crippen LogP contribution in [-0.2, 0) is 0 Å². The molecule has 0 radical (unpaired) electrons. The average Bonchev–Trinajstić information content (AvgIpc) is 2.57. The van der Waals surface area contributed by atoms with E-state index in [1.54, 1.807) is 19.1 Å². The number of carbonyl (C=O) groups is 1. The van der Waals surface area contributed by atoms with Gasteiger partial charge in [-0.25, -0.2) is 0 Å². The number of carbonyl (C=O) groups excluding carboxylic acids is 1. The SMILES string of the molecule is Cc1ccc(C(=O)C(C)Oc2ccccc2N)c2ccccc12. The fourth-order valence-corrected chi connectivity index (χ4v) is 2.72. The van der Waals surface area contributed by atoms with E-state index >= 15 is 0 Å². The molecule has 0 heterocycles. The maximum atomic E-state index is 12.8. The fraction of sp³-hybridized carbons (Fsp3) is 0.150. The van der Waals surface area contributed by atoms with Gasteiger partial charge in [0.05, 0.1) is 5.69 Å². The number of ketones is 1. The first-order valence-corrected chi connectivity index (χ1v) is 7.61. The van der Waals surface area contributed by atoms with Crippen molar-refractivity contribution in [1.29, 1.82) is 0 Å². The van der Waals surface area contributed by atoms with Gasteiger partial charge in [0.1, 0.15) is 5.75 Å². The van der Waals surface area contributed by atoms with E-state index in [1.165, 1.54) is 0 Å². The Labute approximate surface area is 135 Å². The molecule has 0 spiro atoms. The zero-order valence-electron chi connectivity index (χ0n) is 13.2. The summed E-state index contributed by atoms with van der Waals surface area (Å²) in [5.74, 6) is 0.481. The molecule has 0 aliphatic heterocycles. The first-order chi connectivity index (χ1) is 11.1. The number of nitrogen functional groups attached to an aromatic ring is 1. The second-order valence-corrected chi connectivity index (χ2v) is 5.64. The molecule has 0 amide bonds. The molecule has 0 bridgehead atoms. The van der Waals surface area contributed by atoms with Gasteiger partial charge in [0, 0.05) is 5.56 Å². The first kappa shape index (κ1) is 15.1. The van der Waals surface area contributed by atoms with Crippen LogP contribution in [-0.4, -0.2) is 11.9 Å². The summed E-state index contributed by atoms with van der Waals surface area (Å²) in [4.78, 5) is 12.8. The van der Waals surface area contributed by atoms with Gasteiger partial charge in [0.15, 0.2) is 6.10 Å². The van der Waals surface area contributed by atoms with E-state index in [0.717, 1.165) is 16.3 Å². The lowest BCUT2D eigenvalue weighted by atomic mass is 9.96. The molecule has 1 unspecified atom stereocenters. The Morgan fingerprint density at radius 2 is 1.61 bits per heavy atom. The highest BCUT2D eigenvalue weighted by molar-refractivity contribution is 6.10. The van der Waals surface area contributed by atoms with Crippen LogP contribution in [0.4, 0.5) is 5.69 Å². The molecule has 0 saturated heterocycles. The Morgan fingerprint density at radius 3 is 2.35 bits per heavy atom. The summed E-state index contributed by atoms with van der Waals surface area (Å²) in [6.45, 7) is 3.80. The van der Waals surface area contributed by atoms with E-state index in [4.69, 9.17) is 10.5 Å². The largest absolute Gasteiger partial charge is 0.480 e. The lowest BCUT2D eigenvalue weighted by molar-refractivity contribution is 0.0821. The van der Waals surface area contributed by atoms with Crippen LogP contribution in [0.2, 0.25) is 0 Å². The molecule has 0 aromatic heterocycles. The smallest absolute Gasteiger partial charge is 0.203 e. The molecule has 3 rings (SSSR count). The van der Waals surface area contributed by atoms with Crippen LogP contribution in [0.1, 0.15) is 22.8 Å². The van der Waals surface area contributed by atoms with E-state index in [9.17, 15) is 4.79 Å². The summed E-state index contributed by atoms with van der Waals surface area (Å²) in [5, 5.41) is 2.04. The van der Waals surface area contributed by atoms with Crippen molar-refractivity contribution in [3.63, 3.8) is 0 Å². The first-order valence-electron chi connectivity index (χ1n) is 7.61. The molecule has 1 atom stereocenters. The molecule has 0 saturated carbocycles. The van der Waals surface area contributed by atoms with Gasteiger partial charge in [-0.2, -0.15) is 0 Å². The quantitative estimate of drug-likeness (QED) is 0.575. The van der Waals surface area contributed by atoms with Crippen molar-refractivity contribution >= 4 is 22.2 Å². The minimum atomic E-state index is -0.606. The van der Waals surface area contributed by atoms with E-state index < -0.39 is 6.10 Å².